The predicted molar refractivity (Wildman–Crippen MR) is 109 cm³/mol. The molecule has 0 aliphatic heterocycles. The number of rotatable bonds is 4. The molecule has 4 rings (SSSR count). The van der Waals surface area contributed by atoms with Gasteiger partial charge in [0.2, 0.25) is 0 Å². The van der Waals surface area contributed by atoms with Crippen molar-refractivity contribution in [3.63, 3.8) is 0 Å². The molecule has 0 aromatic carbocycles. The molecule has 4 saturated carbocycles. The number of hydrogen-bond donors (Lipinski definition) is 3. The molecule has 4 aliphatic rings. The molecule has 4 aliphatic carbocycles. The molecule has 0 aromatic rings. The molecule has 0 spiro atoms. The minimum atomic E-state index is -1.61. The van der Waals surface area contributed by atoms with Crippen molar-refractivity contribution in [3.8, 4) is 0 Å². The van der Waals surface area contributed by atoms with Gasteiger partial charge in [0, 0.05) is 31.6 Å². The standard InChI is InChI=1S/C24H38O5/c1-14(4-7-20(26)27)16-5-6-17-21-18(8-9-23(16,17)3)22(2)10-11-24(28,29)13-15(22)12-19(21)25/h14-18,21,28-29H,4-13H2,1-3H3,(H,26,27)/t14-,15-,16-,17+,18+,21+,22+,23-/m1/s1. The maximum Gasteiger partial charge on any atom is 0.303 e. The van der Waals surface area contributed by atoms with Crippen molar-refractivity contribution in [2.24, 2.45) is 46.3 Å². The van der Waals surface area contributed by atoms with Crippen molar-refractivity contribution < 1.29 is 24.9 Å². The quantitative estimate of drug-likeness (QED) is 0.613. The molecular weight excluding hydrogens is 368 g/mol. The first kappa shape index (κ1) is 21.3. The van der Waals surface area contributed by atoms with Crippen LogP contribution < -0.4 is 0 Å². The normalized spacial score (nSPS) is 47.1. The molecule has 5 nitrogen and oxygen atoms in total. The minimum Gasteiger partial charge on any atom is -0.481 e. The lowest BCUT2D eigenvalue weighted by molar-refractivity contribution is -0.230. The summed E-state index contributed by atoms with van der Waals surface area (Å²) in [6, 6.07) is 0. The van der Waals surface area contributed by atoms with Crippen LogP contribution in [0.2, 0.25) is 0 Å². The highest BCUT2D eigenvalue weighted by molar-refractivity contribution is 5.83. The van der Waals surface area contributed by atoms with Crippen LogP contribution in [0.5, 0.6) is 0 Å². The molecule has 0 unspecified atom stereocenters. The molecule has 5 heteroatoms. The Morgan fingerprint density at radius 2 is 1.76 bits per heavy atom. The predicted octanol–water partition coefficient (Wildman–Crippen LogP) is 4.01. The molecule has 0 aromatic heterocycles. The summed E-state index contributed by atoms with van der Waals surface area (Å²) in [4.78, 5) is 24.4. The molecule has 0 saturated heterocycles. The molecule has 3 N–H and O–H groups in total. The van der Waals surface area contributed by atoms with E-state index in [1.807, 2.05) is 0 Å². The number of hydrogen-bond acceptors (Lipinski definition) is 4. The van der Waals surface area contributed by atoms with Crippen LogP contribution in [0.25, 0.3) is 0 Å². The average Bonchev–Trinajstić information content (AvgIpc) is 2.98. The summed E-state index contributed by atoms with van der Waals surface area (Å²) in [7, 11) is 0. The summed E-state index contributed by atoms with van der Waals surface area (Å²) < 4.78 is 0. The van der Waals surface area contributed by atoms with Gasteiger partial charge in [-0.15, -0.1) is 0 Å². The van der Waals surface area contributed by atoms with Gasteiger partial charge in [0.25, 0.3) is 0 Å². The number of Topliss-reactive ketones (excluding diaryl/α,β-unsaturated/α-hetero) is 1. The van der Waals surface area contributed by atoms with E-state index in [0.717, 1.165) is 38.5 Å². The maximum absolute atomic E-state index is 13.4. The number of aliphatic carboxylic acids is 1. The molecule has 164 valence electrons. The van der Waals surface area contributed by atoms with Crippen LogP contribution in [-0.4, -0.2) is 32.9 Å². The van der Waals surface area contributed by atoms with Crippen molar-refractivity contribution in [2.75, 3.05) is 0 Å². The van der Waals surface area contributed by atoms with E-state index in [1.54, 1.807) is 0 Å². The fourth-order valence-corrected chi connectivity index (χ4v) is 8.43. The highest BCUT2D eigenvalue weighted by Crippen LogP contribution is 2.68. The molecule has 0 bridgehead atoms. The molecule has 29 heavy (non-hydrogen) atoms. The molecule has 0 radical (unpaired) electrons. The SMILES string of the molecule is C[C@H](CCC(=O)O)[C@H]1CC[C@H]2[C@@H]3C(=O)C[C@@H]4CC(O)(O)CC[C@]4(C)[C@H]3CC[C@]12C. The van der Waals surface area contributed by atoms with Crippen LogP contribution in [0.4, 0.5) is 0 Å². The maximum atomic E-state index is 13.4. The van der Waals surface area contributed by atoms with Gasteiger partial charge < -0.3 is 15.3 Å². The van der Waals surface area contributed by atoms with E-state index in [0.29, 0.717) is 48.7 Å². The average molecular weight is 407 g/mol. The zero-order chi connectivity index (χ0) is 21.2. The van der Waals surface area contributed by atoms with Gasteiger partial charge in [-0.25, -0.2) is 0 Å². The topological polar surface area (TPSA) is 94.8 Å². The Morgan fingerprint density at radius 3 is 2.45 bits per heavy atom. The molecule has 4 fully saturated rings. The lowest BCUT2D eigenvalue weighted by Crippen LogP contribution is -2.59. The van der Waals surface area contributed by atoms with E-state index in [4.69, 9.17) is 5.11 Å². The summed E-state index contributed by atoms with van der Waals surface area (Å²) in [6.07, 6.45) is 7.32. The Bertz CT molecular complexity index is 687. The number of carbonyl (C=O) groups is 2. The lowest BCUT2D eigenvalue weighted by atomic mass is 9.44. The number of ketones is 1. The third-order valence-electron chi connectivity index (χ3n) is 10.1. The van der Waals surface area contributed by atoms with E-state index < -0.39 is 11.8 Å². The van der Waals surface area contributed by atoms with Crippen LogP contribution in [0, 0.1) is 46.3 Å². The number of aliphatic hydroxyl groups is 2. The highest BCUT2D eigenvalue weighted by Gasteiger charge is 2.63. The molecule has 0 heterocycles. The van der Waals surface area contributed by atoms with Crippen LogP contribution in [0.1, 0.15) is 85.0 Å². The minimum absolute atomic E-state index is 0.0296. The lowest BCUT2D eigenvalue weighted by Gasteiger charge is -2.61. The Kier molecular flexibility index (Phi) is 5.18. The van der Waals surface area contributed by atoms with E-state index in [9.17, 15) is 19.8 Å². The smallest absolute Gasteiger partial charge is 0.303 e. The van der Waals surface area contributed by atoms with Gasteiger partial charge in [-0.3, -0.25) is 9.59 Å². The van der Waals surface area contributed by atoms with Crippen LogP contribution in [0.3, 0.4) is 0 Å². The van der Waals surface area contributed by atoms with E-state index in [-0.39, 0.29) is 29.1 Å². The second-order valence-corrected chi connectivity index (χ2v) is 11.4. The van der Waals surface area contributed by atoms with Crippen molar-refractivity contribution in [1.82, 2.24) is 0 Å². The fourth-order valence-electron chi connectivity index (χ4n) is 8.43. The molecular formula is C24H38O5. The van der Waals surface area contributed by atoms with Crippen molar-refractivity contribution in [3.05, 3.63) is 0 Å². The van der Waals surface area contributed by atoms with Gasteiger partial charge >= 0.3 is 5.97 Å². The molecule has 0 amide bonds. The number of fused-ring (bicyclic) bond motifs is 5. The summed E-state index contributed by atoms with van der Waals surface area (Å²) in [5, 5.41) is 29.5. The Balaban J connectivity index is 1.57. The summed E-state index contributed by atoms with van der Waals surface area (Å²) in [5.41, 5.74) is 0.159. The number of carboxylic acid groups (broad SMARTS) is 1. The third kappa shape index (κ3) is 3.37. The fraction of sp³-hybridized carbons (Fsp3) is 0.917. The van der Waals surface area contributed by atoms with Gasteiger partial charge in [0.05, 0.1) is 0 Å². The highest BCUT2D eigenvalue weighted by atomic mass is 16.5. The number of carbonyl (C=O) groups excluding carboxylic acids is 1. The van der Waals surface area contributed by atoms with Gasteiger partial charge in [-0.2, -0.15) is 0 Å². The van der Waals surface area contributed by atoms with Crippen LogP contribution in [-0.2, 0) is 9.59 Å². The number of carboxylic acids is 1. The summed E-state index contributed by atoms with van der Waals surface area (Å²) >= 11 is 0. The summed E-state index contributed by atoms with van der Waals surface area (Å²) in [5.74, 6) is -0.160. The van der Waals surface area contributed by atoms with E-state index >= 15 is 0 Å². The summed E-state index contributed by atoms with van der Waals surface area (Å²) in [6.45, 7) is 6.88. The second-order valence-electron chi connectivity index (χ2n) is 11.4. The van der Waals surface area contributed by atoms with Gasteiger partial charge in [-0.1, -0.05) is 20.8 Å². The third-order valence-corrected chi connectivity index (χ3v) is 10.1. The first-order valence-corrected chi connectivity index (χ1v) is 11.7. The molecule has 8 atom stereocenters. The zero-order valence-electron chi connectivity index (χ0n) is 18.2. The Morgan fingerprint density at radius 1 is 1.07 bits per heavy atom. The van der Waals surface area contributed by atoms with Crippen molar-refractivity contribution in [2.45, 2.75) is 90.8 Å². The van der Waals surface area contributed by atoms with Crippen molar-refractivity contribution >= 4 is 11.8 Å². The van der Waals surface area contributed by atoms with Crippen molar-refractivity contribution in [1.29, 1.82) is 0 Å². The van der Waals surface area contributed by atoms with Gasteiger partial charge in [0.15, 0.2) is 5.79 Å². The van der Waals surface area contributed by atoms with Crippen LogP contribution in [0.15, 0.2) is 0 Å². The second kappa shape index (κ2) is 7.05. The van der Waals surface area contributed by atoms with Gasteiger partial charge in [-0.05, 0) is 78.9 Å². The zero-order valence-corrected chi connectivity index (χ0v) is 18.2. The van der Waals surface area contributed by atoms with E-state index in [2.05, 4.69) is 20.8 Å². The first-order chi connectivity index (χ1) is 13.5. The first-order valence-electron chi connectivity index (χ1n) is 11.7. The van der Waals surface area contributed by atoms with E-state index in [1.165, 1.54) is 0 Å². The monoisotopic (exact) mass is 406 g/mol. The Labute approximate surface area is 174 Å². The van der Waals surface area contributed by atoms with Gasteiger partial charge in [0.1, 0.15) is 5.78 Å². The Hall–Kier alpha value is -0.940. The van der Waals surface area contributed by atoms with Crippen LogP contribution >= 0.6 is 0 Å². The largest absolute Gasteiger partial charge is 0.481 e.